The highest BCUT2D eigenvalue weighted by atomic mass is 35.5. The van der Waals surface area contributed by atoms with Crippen molar-refractivity contribution < 1.29 is 24.0 Å². The first kappa shape index (κ1) is 25.0. The van der Waals surface area contributed by atoms with Crippen molar-refractivity contribution in [3.8, 4) is 22.4 Å². The molecule has 1 aromatic heterocycles. The molecule has 0 saturated heterocycles. The molecular formula is C30H26ClN3O5. The van der Waals surface area contributed by atoms with Crippen LogP contribution in [0.3, 0.4) is 0 Å². The Morgan fingerprint density at radius 1 is 1.13 bits per heavy atom. The lowest BCUT2D eigenvalue weighted by Gasteiger charge is -2.24. The highest BCUT2D eigenvalue weighted by molar-refractivity contribution is 6.31. The highest BCUT2D eigenvalue weighted by Gasteiger charge is 2.51. The lowest BCUT2D eigenvalue weighted by Crippen LogP contribution is -2.20. The van der Waals surface area contributed by atoms with Crippen LogP contribution >= 0.6 is 11.6 Å². The molecule has 8 nitrogen and oxygen atoms in total. The molecule has 4 aromatic rings. The molecule has 1 aliphatic carbocycles. The normalized spacial score (nSPS) is 15.4. The maximum absolute atomic E-state index is 12.8. The molecule has 0 bridgehead atoms. The van der Waals surface area contributed by atoms with E-state index in [9.17, 15) is 14.7 Å². The Bertz CT molecular complexity index is 1620. The molecule has 39 heavy (non-hydrogen) atoms. The van der Waals surface area contributed by atoms with E-state index in [1.165, 1.54) is 0 Å². The van der Waals surface area contributed by atoms with Crippen molar-refractivity contribution in [3.63, 3.8) is 0 Å². The van der Waals surface area contributed by atoms with Gasteiger partial charge < -0.3 is 19.7 Å². The summed E-state index contributed by atoms with van der Waals surface area (Å²) in [6.07, 6.45) is 0.148. The number of carbonyl (C=O) groups is 2. The first-order chi connectivity index (χ1) is 18.8. The monoisotopic (exact) mass is 543 g/mol. The van der Waals surface area contributed by atoms with Crippen LogP contribution in [0.5, 0.6) is 0 Å². The van der Waals surface area contributed by atoms with Crippen molar-refractivity contribution >= 4 is 35.0 Å². The number of carboxylic acid groups (broad SMARTS) is 1. The van der Waals surface area contributed by atoms with Gasteiger partial charge in [-0.25, -0.2) is 4.79 Å². The van der Waals surface area contributed by atoms with Gasteiger partial charge in [0.05, 0.1) is 5.41 Å². The quantitative estimate of drug-likeness (QED) is 0.233. The molecule has 1 amide bonds. The lowest BCUT2D eigenvalue weighted by molar-refractivity contribution is -0.140. The minimum Gasteiger partial charge on any atom is -0.481 e. The number of hydrogen-bond acceptors (Lipinski definition) is 6. The van der Waals surface area contributed by atoms with Crippen LogP contribution in [-0.2, 0) is 21.5 Å². The Labute approximate surface area is 229 Å². The van der Waals surface area contributed by atoms with Crippen molar-refractivity contribution in [3.05, 3.63) is 88.1 Å². The van der Waals surface area contributed by atoms with Gasteiger partial charge in [0.2, 0.25) is 0 Å². The van der Waals surface area contributed by atoms with E-state index < -0.39 is 23.6 Å². The molecule has 198 valence electrons. The zero-order valence-electron chi connectivity index (χ0n) is 21.4. The fourth-order valence-electron chi connectivity index (χ4n) is 5.19. The van der Waals surface area contributed by atoms with Crippen LogP contribution in [0, 0.1) is 6.92 Å². The van der Waals surface area contributed by atoms with Crippen molar-refractivity contribution in [2.75, 3.05) is 10.6 Å². The Balaban J connectivity index is 1.24. The van der Waals surface area contributed by atoms with Crippen molar-refractivity contribution in [2.45, 2.75) is 44.8 Å². The Morgan fingerprint density at radius 3 is 2.64 bits per heavy atom. The smallest absolute Gasteiger partial charge is 0.412 e. The molecule has 1 atom stereocenters. The van der Waals surface area contributed by atoms with E-state index in [0.29, 0.717) is 47.1 Å². The van der Waals surface area contributed by atoms with Crippen LogP contribution in [0.4, 0.5) is 16.2 Å². The molecule has 9 heteroatoms. The number of amides is 1. The molecular weight excluding hydrogens is 518 g/mol. The number of ether oxygens (including phenoxy) is 1. The number of nitrogens with zero attached hydrogens (tertiary/aromatic N) is 1. The molecule has 2 heterocycles. The van der Waals surface area contributed by atoms with Gasteiger partial charge in [0.15, 0.2) is 5.76 Å². The van der Waals surface area contributed by atoms with E-state index in [1.54, 1.807) is 19.9 Å². The summed E-state index contributed by atoms with van der Waals surface area (Å²) < 4.78 is 11.0. The predicted molar refractivity (Wildman–Crippen MR) is 148 cm³/mol. The molecule has 1 fully saturated rings. The van der Waals surface area contributed by atoms with Crippen LogP contribution in [0.15, 0.2) is 65.2 Å². The first-order valence-corrected chi connectivity index (χ1v) is 13.1. The summed E-state index contributed by atoms with van der Waals surface area (Å²) in [6, 6.07) is 19.0. The van der Waals surface area contributed by atoms with Gasteiger partial charge in [0.25, 0.3) is 0 Å². The van der Waals surface area contributed by atoms with E-state index in [4.69, 9.17) is 20.9 Å². The molecule has 3 N–H and O–H groups in total. The Hall–Kier alpha value is -4.30. The topological polar surface area (TPSA) is 114 Å². The van der Waals surface area contributed by atoms with Gasteiger partial charge in [0, 0.05) is 33.9 Å². The van der Waals surface area contributed by atoms with Gasteiger partial charge in [-0.3, -0.25) is 10.1 Å². The number of aliphatic carboxylic acids is 1. The average Bonchev–Trinajstić information content (AvgIpc) is 3.67. The van der Waals surface area contributed by atoms with Crippen molar-refractivity contribution in [1.82, 2.24) is 5.16 Å². The summed E-state index contributed by atoms with van der Waals surface area (Å²) in [7, 11) is 0. The number of halogens is 1. The Kier molecular flexibility index (Phi) is 6.07. The maximum Gasteiger partial charge on any atom is 0.412 e. The van der Waals surface area contributed by atoms with Crippen LogP contribution in [0.2, 0.25) is 5.02 Å². The fourth-order valence-corrected chi connectivity index (χ4v) is 5.48. The Morgan fingerprint density at radius 2 is 1.90 bits per heavy atom. The second-order valence-electron chi connectivity index (χ2n) is 10.0. The fraction of sp³-hybridized carbons (Fsp3) is 0.233. The van der Waals surface area contributed by atoms with Crippen LogP contribution < -0.4 is 10.6 Å². The van der Waals surface area contributed by atoms with E-state index in [-0.39, 0.29) is 0 Å². The molecule has 2 aliphatic rings. The molecule has 0 radical (unpaired) electrons. The second-order valence-corrected chi connectivity index (χ2v) is 10.4. The molecule has 3 aromatic carbocycles. The number of fused-ring (bicyclic) bond motifs is 3. The van der Waals surface area contributed by atoms with Gasteiger partial charge in [-0.1, -0.05) is 65.3 Å². The summed E-state index contributed by atoms with van der Waals surface area (Å²) in [5.41, 5.74) is 6.55. The molecule has 6 rings (SSSR count). The van der Waals surface area contributed by atoms with E-state index in [2.05, 4.69) is 15.8 Å². The number of benzene rings is 3. The summed E-state index contributed by atoms with van der Waals surface area (Å²) in [6.45, 7) is 4.05. The molecule has 1 aliphatic heterocycles. The third-order valence-electron chi connectivity index (χ3n) is 7.59. The average molecular weight is 544 g/mol. The largest absolute Gasteiger partial charge is 0.481 e. The molecule has 1 saturated carbocycles. The number of carboxylic acids is 1. The van der Waals surface area contributed by atoms with E-state index >= 15 is 0 Å². The number of nitrogens with one attached hydrogen (secondary N) is 2. The highest BCUT2D eigenvalue weighted by Crippen LogP contribution is 2.50. The van der Waals surface area contributed by atoms with Gasteiger partial charge in [-0.05, 0) is 55.5 Å². The third kappa shape index (κ3) is 4.40. The molecule has 1 unspecified atom stereocenters. The third-order valence-corrected chi connectivity index (χ3v) is 7.93. The van der Waals surface area contributed by atoms with Crippen molar-refractivity contribution in [2.24, 2.45) is 0 Å². The zero-order valence-corrected chi connectivity index (χ0v) is 22.1. The zero-order chi connectivity index (χ0) is 27.3. The number of hydrogen-bond donors (Lipinski definition) is 3. The van der Waals surface area contributed by atoms with Crippen LogP contribution in [0.1, 0.15) is 48.3 Å². The number of anilines is 2. The summed E-state index contributed by atoms with van der Waals surface area (Å²) in [5, 5.41) is 20.6. The van der Waals surface area contributed by atoms with Crippen LogP contribution in [-0.4, -0.2) is 22.3 Å². The maximum atomic E-state index is 12.8. The second kappa shape index (κ2) is 9.47. The van der Waals surface area contributed by atoms with E-state index in [1.807, 2.05) is 54.6 Å². The predicted octanol–water partition coefficient (Wildman–Crippen LogP) is 7.32. The number of aromatic nitrogens is 1. The summed E-state index contributed by atoms with van der Waals surface area (Å²) >= 11 is 6.24. The first-order valence-electron chi connectivity index (χ1n) is 12.7. The van der Waals surface area contributed by atoms with Gasteiger partial charge in [-0.15, -0.1) is 0 Å². The molecule has 0 spiro atoms. The van der Waals surface area contributed by atoms with Gasteiger partial charge in [-0.2, -0.15) is 0 Å². The summed E-state index contributed by atoms with van der Waals surface area (Å²) in [4.78, 5) is 24.5. The van der Waals surface area contributed by atoms with Crippen LogP contribution in [0.25, 0.3) is 22.4 Å². The lowest BCUT2D eigenvalue weighted by atomic mass is 9.87. The minimum atomic E-state index is -0.759. The standard InChI is InChI=1S/C30H26ClN3O5/c1-16(21-5-3-4-6-24(21)31)38-29(37)33-26-17(2)39-34-27(26)18-7-9-23-22-10-8-20(30(11-12-30)28(35)36)13-19(22)15-32-25(23)14-18/h3-10,13-14,16,32H,11-12,15H2,1-2H3,(H,33,37)(H,35,36). The van der Waals surface area contributed by atoms with Gasteiger partial charge in [0.1, 0.15) is 17.5 Å². The van der Waals surface area contributed by atoms with E-state index in [0.717, 1.165) is 33.5 Å². The number of carbonyl (C=O) groups excluding carboxylic acids is 1. The minimum absolute atomic E-state index is 0.426. The summed E-state index contributed by atoms with van der Waals surface area (Å²) in [5.74, 6) is -0.311. The SMILES string of the molecule is Cc1onc(-c2ccc3c(c2)NCc2cc(C4(C(=O)O)CC4)ccc2-3)c1NC(=O)OC(C)c1ccccc1Cl. The number of rotatable bonds is 6. The van der Waals surface area contributed by atoms with Gasteiger partial charge >= 0.3 is 12.1 Å². The number of aryl methyl sites for hydroxylation is 1. The van der Waals surface area contributed by atoms with Crippen molar-refractivity contribution in [1.29, 1.82) is 0 Å².